The van der Waals surface area contributed by atoms with Crippen LogP contribution in [0.4, 0.5) is 0 Å². The van der Waals surface area contributed by atoms with Crippen molar-refractivity contribution in [3.63, 3.8) is 0 Å². The molecule has 0 aliphatic rings. The number of hydrogen-bond acceptors (Lipinski definition) is 0. The minimum absolute atomic E-state index is 0.855. The van der Waals surface area contributed by atoms with Gasteiger partial charge in [0, 0.05) is 0 Å². The van der Waals surface area contributed by atoms with Gasteiger partial charge in [-0.05, 0) is 25.7 Å². The van der Waals surface area contributed by atoms with Gasteiger partial charge in [-0.15, -0.1) is 0 Å². The van der Waals surface area contributed by atoms with Crippen LogP contribution in [0, 0.1) is 5.92 Å². The lowest BCUT2D eigenvalue weighted by atomic mass is 9.93. The van der Waals surface area contributed by atoms with E-state index in [1.54, 1.807) is 0 Å². The molecule has 1 atom stereocenters. The molecule has 0 heteroatoms. The summed E-state index contributed by atoms with van der Waals surface area (Å²) in [6, 6.07) is 0. The molecule has 0 rings (SSSR count). The molecule has 29 heavy (non-hydrogen) atoms. The zero-order valence-electron chi connectivity index (χ0n) is 21.0. The molecule has 0 aromatic rings. The molecule has 0 aliphatic carbocycles. The van der Waals surface area contributed by atoms with Crippen molar-refractivity contribution in [3.8, 4) is 0 Å². The van der Waals surface area contributed by atoms with E-state index in [9.17, 15) is 0 Å². The van der Waals surface area contributed by atoms with Crippen LogP contribution >= 0.6 is 0 Å². The molecule has 0 bridgehead atoms. The predicted octanol–water partition coefficient (Wildman–Crippen LogP) is 11.2. The van der Waals surface area contributed by atoms with Gasteiger partial charge in [0.15, 0.2) is 0 Å². The van der Waals surface area contributed by atoms with Crippen LogP contribution < -0.4 is 0 Å². The summed E-state index contributed by atoms with van der Waals surface area (Å²) in [4.78, 5) is 0. The fourth-order valence-corrected chi connectivity index (χ4v) is 4.57. The monoisotopic (exact) mass is 406 g/mol. The third kappa shape index (κ3) is 23.9. The molecule has 0 aliphatic heterocycles. The smallest absolute Gasteiger partial charge is 0.0234 e. The summed E-state index contributed by atoms with van der Waals surface area (Å²) >= 11 is 0. The summed E-state index contributed by atoms with van der Waals surface area (Å²) < 4.78 is 0. The first-order chi connectivity index (χ1) is 14.3. The summed E-state index contributed by atoms with van der Waals surface area (Å²) in [7, 11) is 0. The molecule has 0 fully saturated rings. The molecule has 0 N–H and O–H groups in total. The molecule has 0 heterocycles. The lowest BCUT2D eigenvalue weighted by Gasteiger charge is -2.12. The minimum Gasteiger partial charge on any atom is -0.0914 e. The Balaban J connectivity index is 3.35. The SMILES string of the molecule is CC=CC(CCCCCCCC)CCCCCCCCCCCCCCCCC. The largest absolute Gasteiger partial charge is 0.0914 e. The molecule has 0 aromatic carbocycles. The van der Waals surface area contributed by atoms with Crippen LogP contribution in [0.5, 0.6) is 0 Å². The fourth-order valence-electron chi connectivity index (χ4n) is 4.57. The maximum absolute atomic E-state index is 2.48. The average molecular weight is 407 g/mol. The maximum Gasteiger partial charge on any atom is -0.0234 e. The number of rotatable bonds is 24. The van der Waals surface area contributed by atoms with Crippen molar-refractivity contribution in [2.24, 2.45) is 5.92 Å². The minimum atomic E-state index is 0.855. The van der Waals surface area contributed by atoms with Crippen molar-refractivity contribution in [1.82, 2.24) is 0 Å². The Kier molecular flexibility index (Phi) is 25.5. The highest BCUT2D eigenvalue weighted by Gasteiger charge is 2.04. The molecule has 174 valence electrons. The van der Waals surface area contributed by atoms with Crippen molar-refractivity contribution in [1.29, 1.82) is 0 Å². The van der Waals surface area contributed by atoms with E-state index in [1.807, 2.05) is 0 Å². The number of hydrogen-bond donors (Lipinski definition) is 0. The second-order valence-corrected chi connectivity index (χ2v) is 9.58. The van der Waals surface area contributed by atoms with Crippen molar-refractivity contribution in [2.45, 2.75) is 168 Å². The topological polar surface area (TPSA) is 0 Å². The summed E-state index contributed by atoms with van der Waals surface area (Å²) in [5.74, 6) is 0.855. The van der Waals surface area contributed by atoms with Crippen LogP contribution in [0.15, 0.2) is 12.2 Å². The molecule has 1 unspecified atom stereocenters. The third-order valence-electron chi connectivity index (χ3n) is 6.57. The van der Waals surface area contributed by atoms with Crippen LogP contribution in [0.1, 0.15) is 168 Å². The summed E-state index contributed by atoms with van der Waals surface area (Å²) in [5.41, 5.74) is 0. The zero-order valence-corrected chi connectivity index (χ0v) is 21.0. The molecule has 0 amide bonds. The molecule has 0 nitrogen and oxygen atoms in total. The second-order valence-electron chi connectivity index (χ2n) is 9.58. The maximum atomic E-state index is 2.48. The molecule has 0 spiro atoms. The lowest BCUT2D eigenvalue weighted by molar-refractivity contribution is 0.463. The molecule has 0 saturated carbocycles. The van der Waals surface area contributed by atoms with Gasteiger partial charge >= 0.3 is 0 Å². The van der Waals surface area contributed by atoms with E-state index in [0.717, 1.165) is 5.92 Å². The predicted molar refractivity (Wildman–Crippen MR) is 136 cm³/mol. The number of allylic oxidation sites excluding steroid dienone is 2. The van der Waals surface area contributed by atoms with E-state index in [2.05, 4.69) is 32.9 Å². The van der Waals surface area contributed by atoms with Gasteiger partial charge in [-0.2, -0.15) is 0 Å². The Bertz CT molecular complexity index is 303. The van der Waals surface area contributed by atoms with Crippen LogP contribution in [0.3, 0.4) is 0 Å². The van der Waals surface area contributed by atoms with Crippen LogP contribution in [0.2, 0.25) is 0 Å². The Morgan fingerprint density at radius 3 is 0.966 bits per heavy atom. The fraction of sp³-hybridized carbons (Fsp3) is 0.931. The Hall–Kier alpha value is -0.260. The van der Waals surface area contributed by atoms with Gasteiger partial charge in [0.25, 0.3) is 0 Å². The molecule has 0 saturated heterocycles. The molecular weight excluding hydrogens is 348 g/mol. The Morgan fingerprint density at radius 1 is 0.414 bits per heavy atom. The Labute approximate surface area is 186 Å². The highest BCUT2D eigenvalue weighted by Crippen LogP contribution is 2.20. The van der Waals surface area contributed by atoms with E-state index in [4.69, 9.17) is 0 Å². The van der Waals surface area contributed by atoms with Crippen molar-refractivity contribution >= 4 is 0 Å². The first-order valence-electron chi connectivity index (χ1n) is 14.0. The van der Waals surface area contributed by atoms with Crippen molar-refractivity contribution in [3.05, 3.63) is 12.2 Å². The zero-order chi connectivity index (χ0) is 21.3. The Morgan fingerprint density at radius 2 is 0.690 bits per heavy atom. The van der Waals surface area contributed by atoms with Gasteiger partial charge in [0.1, 0.15) is 0 Å². The van der Waals surface area contributed by atoms with Crippen molar-refractivity contribution in [2.75, 3.05) is 0 Å². The normalized spacial score (nSPS) is 12.8. The molecular formula is C29H58. The third-order valence-corrected chi connectivity index (χ3v) is 6.57. The van der Waals surface area contributed by atoms with Crippen LogP contribution in [-0.4, -0.2) is 0 Å². The molecule has 0 radical (unpaired) electrons. The van der Waals surface area contributed by atoms with E-state index < -0.39 is 0 Å². The van der Waals surface area contributed by atoms with Gasteiger partial charge in [0.05, 0.1) is 0 Å². The first-order valence-corrected chi connectivity index (χ1v) is 14.0. The van der Waals surface area contributed by atoms with Crippen LogP contribution in [0.25, 0.3) is 0 Å². The van der Waals surface area contributed by atoms with Crippen molar-refractivity contribution < 1.29 is 0 Å². The lowest BCUT2D eigenvalue weighted by Crippen LogP contribution is -1.97. The van der Waals surface area contributed by atoms with Gasteiger partial charge in [-0.25, -0.2) is 0 Å². The quantitative estimate of drug-likeness (QED) is 0.110. The average Bonchev–Trinajstić information content (AvgIpc) is 2.73. The highest BCUT2D eigenvalue weighted by molar-refractivity contribution is 4.85. The highest BCUT2D eigenvalue weighted by atomic mass is 14.1. The van der Waals surface area contributed by atoms with Gasteiger partial charge in [-0.3, -0.25) is 0 Å². The first kappa shape index (κ1) is 28.7. The standard InChI is InChI=1S/C29H58/c1-4-7-9-11-13-14-15-16-17-18-19-20-21-23-25-28-29(26-6-3)27-24-22-12-10-8-5-2/h6,26,29H,4-5,7-25,27-28H2,1-3H3. The van der Waals surface area contributed by atoms with E-state index >= 15 is 0 Å². The van der Waals surface area contributed by atoms with E-state index in [1.165, 1.54) is 148 Å². The summed E-state index contributed by atoms with van der Waals surface area (Å²) in [6.07, 6.45) is 38.2. The molecule has 0 aromatic heterocycles. The second kappa shape index (κ2) is 25.8. The van der Waals surface area contributed by atoms with E-state index in [-0.39, 0.29) is 0 Å². The summed E-state index contributed by atoms with van der Waals surface area (Å²) in [5, 5.41) is 0. The summed E-state index contributed by atoms with van der Waals surface area (Å²) in [6.45, 7) is 6.80. The van der Waals surface area contributed by atoms with Crippen LogP contribution in [-0.2, 0) is 0 Å². The van der Waals surface area contributed by atoms with Gasteiger partial charge in [-0.1, -0.05) is 161 Å². The number of unbranched alkanes of at least 4 members (excludes halogenated alkanes) is 19. The van der Waals surface area contributed by atoms with Gasteiger partial charge < -0.3 is 0 Å². The van der Waals surface area contributed by atoms with Gasteiger partial charge in [0.2, 0.25) is 0 Å². The van der Waals surface area contributed by atoms with E-state index in [0.29, 0.717) is 0 Å².